The van der Waals surface area contributed by atoms with Crippen LogP contribution >= 0.6 is 0 Å². The first-order valence-electron chi connectivity index (χ1n) is 5.00. The van der Waals surface area contributed by atoms with Crippen LogP contribution in [0.4, 0.5) is 4.39 Å². The monoisotopic (exact) mass is 229 g/mol. The topological polar surface area (TPSA) is 61.7 Å². The molecular formula is C11H16FNO3. The Hall–Kier alpha value is -1.17. The fraction of sp³-hybridized carbons (Fsp3) is 0.455. The van der Waals surface area contributed by atoms with Gasteiger partial charge in [0.2, 0.25) is 0 Å². The van der Waals surface area contributed by atoms with E-state index in [0.29, 0.717) is 18.7 Å². The highest BCUT2D eigenvalue weighted by Crippen LogP contribution is 2.20. The number of methoxy groups -OCH3 is 1. The third-order valence-corrected chi connectivity index (χ3v) is 2.19. The standard InChI is InChI=1S/C11H16FNO3/c1-16-3-2-13-11(7-14)8-4-9(12)6-10(15)5-8/h4-6,11,13-15H,2-3,7H2,1H3. The van der Waals surface area contributed by atoms with Crippen molar-refractivity contribution in [1.82, 2.24) is 5.32 Å². The molecule has 1 unspecified atom stereocenters. The van der Waals surface area contributed by atoms with Crippen LogP contribution in [0.25, 0.3) is 0 Å². The van der Waals surface area contributed by atoms with Gasteiger partial charge in [0.1, 0.15) is 11.6 Å². The summed E-state index contributed by atoms with van der Waals surface area (Å²) in [7, 11) is 1.57. The molecule has 0 saturated carbocycles. The number of ether oxygens (including phenoxy) is 1. The summed E-state index contributed by atoms with van der Waals surface area (Å²) in [6.07, 6.45) is 0. The van der Waals surface area contributed by atoms with Crippen LogP contribution in [0.2, 0.25) is 0 Å². The second-order valence-electron chi connectivity index (χ2n) is 3.42. The van der Waals surface area contributed by atoms with E-state index >= 15 is 0 Å². The number of nitrogens with one attached hydrogen (secondary N) is 1. The second-order valence-corrected chi connectivity index (χ2v) is 3.42. The predicted octanol–water partition coefficient (Wildman–Crippen LogP) is 0.801. The molecule has 0 amide bonds. The number of phenolic OH excluding ortho intramolecular Hbond substituents is 1. The Morgan fingerprint density at radius 1 is 1.44 bits per heavy atom. The molecule has 0 saturated heterocycles. The van der Waals surface area contributed by atoms with Gasteiger partial charge in [0, 0.05) is 19.7 Å². The number of rotatable bonds is 6. The van der Waals surface area contributed by atoms with E-state index < -0.39 is 11.9 Å². The fourth-order valence-corrected chi connectivity index (χ4v) is 1.42. The van der Waals surface area contributed by atoms with Gasteiger partial charge in [0.05, 0.1) is 19.3 Å². The molecule has 1 rings (SSSR count). The van der Waals surface area contributed by atoms with Crippen LogP contribution in [0.1, 0.15) is 11.6 Å². The minimum atomic E-state index is -0.526. The lowest BCUT2D eigenvalue weighted by atomic mass is 10.1. The van der Waals surface area contributed by atoms with Gasteiger partial charge in [-0.2, -0.15) is 0 Å². The van der Waals surface area contributed by atoms with Crippen LogP contribution in [0.15, 0.2) is 18.2 Å². The van der Waals surface area contributed by atoms with E-state index in [9.17, 15) is 9.50 Å². The molecule has 1 aromatic carbocycles. The first-order chi connectivity index (χ1) is 7.67. The molecule has 0 bridgehead atoms. The van der Waals surface area contributed by atoms with Gasteiger partial charge in [-0.1, -0.05) is 0 Å². The van der Waals surface area contributed by atoms with Gasteiger partial charge in [0.25, 0.3) is 0 Å². The number of phenols is 1. The number of benzene rings is 1. The third kappa shape index (κ3) is 3.77. The Bertz CT molecular complexity index is 313. The van der Waals surface area contributed by atoms with Crippen molar-refractivity contribution < 1.29 is 19.3 Å². The van der Waals surface area contributed by atoms with Crippen LogP contribution in [0.5, 0.6) is 5.75 Å². The van der Waals surface area contributed by atoms with Gasteiger partial charge in [-0.25, -0.2) is 4.39 Å². The number of hydrogen-bond acceptors (Lipinski definition) is 4. The van der Waals surface area contributed by atoms with Crippen molar-refractivity contribution >= 4 is 0 Å². The molecule has 90 valence electrons. The van der Waals surface area contributed by atoms with E-state index in [-0.39, 0.29) is 12.4 Å². The Labute approximate surface area is 93.7 Å². The first kappa shape index (κ1) is 12.9. The first-order valence-corrected chi connectivity index (χ1v) is 5.00. The molecule has 0 heterocycles. The predicted molar refractivity (Wildman–Crippen MR) is 57.8 cm³/mol. The van der Waals surface area contributed by atoms with Crippen LogP contribution in [0.3, 0.4) is 0 Å². The van der Waals surface area contributed by atoms with Gasteiger partial charge >= 0.3 is 0 Å². The maximum atomic E-state index is 13.0. The van der Waals surface area contributed by atoms with E-state index in [2.05, 4.69) is 5.32 Å². The molecule has 1 aromatic rings. The summed E-state index contributed by atoms with van der Waals surface area (Å²) in [6.45, 7) is 0.864. The molecule has 5 heteroatoms. The van der Waals surface area contributed by atoms with Crippen molar-refractivity contribution in [2.45, 2.75) is 6.04 Å². The zero-order valence-electron chi connectivity index (χ0n) is 9.11. The van der Waals surface area contributed by atoms with Crippen molar-refractivity contribution in [3.8, 4) is 5.75 Å². The normalized spacial score (nSPS) is 12.7. The van der Waals surface area contributed by atoms with Crippen molar-refractivity contribution in [1.29, 1.82) is 0 Å². The fourth-order valence-electron chi connectivity index (χ4n) is 1.42. The summed E-state index contributed by atoms with van der Waals surface area (Å²) < 4.78 is 17.9. The maximum absolute atomic E-state index is 13.0. The molecule has 0 aliphatic heterocycles. The lowest BCUT2D eigenvalue weighted by molar-refractivity contribution is 0.184. The highest BCUT2D eigenvalue weighted by atomic mass is 19.1. The Balaban J connectivity index is 2.70. The van der Waals surface area contributed by atoms with Gasteiger partial charge in [-0.3, -0.25) is 0 Å². The molecular weight excluding hydrogens is 213 g/mol. The molecule has 4 nitrogen and oxygen atoms in total. The molecule has 0 aromatic heterocycles. The highest BCUT2D eigenvalue weighted by Gasteiger charge is 2.11. The SMILES string of the molecule is COCCNC(CO)c1cc(O)cc(F)c1. The molecule has 1 atom stereocenters. The summed E-state index contributed by atoms with van der Waals surface area (Å²) in [5.74, 6) is -0.677. The Kier molecular flexibility index (Phi) is 5.18. The van der Waals surface area contributed by atoms with E-state index in [1.807, 2.05) is 0 Å². The summed E-state index contributed by atoms with van der Waals surface area (Å²) in [5.41, 5.74) is 0.510. The van der Waals surface area contributed by atoms with E-state index in [0.717, 1.165) is 6.07 Å². The number of aliphatic hydroxyl groups excluding tert-OH is 1. The summed E-state index contributed by atoms with van der Waals surface area (Å²) >= 11 is 0. The minimum Gasteiger partial charge on any atom is -0.508 e. The lowest BCUT2D eigenvalue weighted by Gasteiger charge is -2.16. The van der Waals surface area contributed by atoms with E-state index in [4.69, 9.17) is 9.84 Å². The van der Waals surface area contributed by atoms with Crippen molar-refractivity contribution in [2.75, 3.05) is 26.9 Å². The van der Waals surface area contributed by atoms with Crippen molar-refractivity contribution in [3.63, 3.8) is 0 Å². The molecule has 0 aliphatic rings. The maximum Gasteiger partial charge on any atom is 0.127 e. The molecule has 0 aliphatic carbocycles. The molecule has 0 fully saturated rings. The van der Waals surface area contributed by atoms with Gasteiger partial charge < -0.3 is 20.3 Å². The zero-order chi connectivity index (χ0) is 12.0. The minimum absolute atomic E-state index is 0.151. The highest BCUT2D eigenvalue weighted by molar-refractivity contribution is 5.30. The van der Waals surface area contributed by atoms with E-state index in [1.54, 1.807) is 7.11 Å². The Morgan fingerprint density at radius 3 is 2.75 bits per heavy atom. The number of halogens is 1. The van der Waals surface area contributed by atoms with Crippen LogP contribution < -0.4 is 5.32 Å². The summed E-state index contributed by atoms with van der Waals surface area (Å²) in [4.78, 5) is 0. The molecule has 0 spiro atoms. The molecule has 16 heavy (non-hydrogen) atoms. The van der Waals surface area contributed by atoms with Gasteiger partial charge in [-0.15, -0.1) is 0 Å². The number of aromatic hydroxyl groups is 1. The van der Waals surface area contributed by atoms with Crippen molar-refractivity contribution in [2.24, 2.45) is 0 Å². The number of aliphatic hydroxyl groups is 1. The van der Waals surface area contributed by atoms with Crippen LogP contribution in [-0.4, -0.2) is 37.1 Å². The Morgan fingerprint density at radius 2 is 2.19 bits per heavy atom. The second kappa shape index (κ2) is 6.42. The van der Waals surface area contributed by atoms with Crippen molar-refractivity contribution in [3.05, 3.63) is 29.6 Å². The largest absolute Gasteiger partial charge is 0.508 e. The lowest BCUT2D eigenvalue weighted by Crippen LogP contribution is -2.27. The summed E-state index contributed by atoms with van der Waals surface area (Å²) in [5, 5.41) is 21.4. The average molecular weight is 229 g/mol. The molecule has 3 N–H and O–H groups in total. The zero-order valence-corrected chi connectivity index (χ0v) is 9.11. The molecule has 0 radical (unpaired) electrons. The third-order valence-electron chi connectivity index (χ3n) is 2.19. The van der Waals surface area contributed by atoms with Gasteiger partial charge in [-0.05, 0) is 17.7 Å². The van der Waals surface area contributed by atoms with Gasteiger partial charge in [0.15, 0.2) is 0 Å². The quantitative estimate of drug-likeness (QED) is 0.631. The van der Waals surface area contributed by atoms with Crippen LogP contribution in [0, 0.1) is 5.82 Å². The number of hydrogen-bond donors (Lipinski definition) is 3. The average Bonchev–Trinajstić information content (AvgIpc) is 2.23. The smallest absolute Gasteiger partial charge is 0.127 e. The van der Waals surface area contributed by atoms with Crippen LogP contribution in [-0.2, 0) is 4.74 Å². The summed E-state index contributed by atoms with van der Waals surface area (Å²) in [6, 6.07) is 3.31. The van der Waals surface area contributed by atoms with E-state index in [1.165, 1.54) is 12.1 Å².